The van der Waals surface area contributed by atoms with E-state index in [4.69, 9.17) is 34.8 Å². The Morgan fingerprint density at radius 2 is 1.83 bits per heavy atom. The predicted octanol–water partition coefficient (Wildman–Crippen LogP) is 3.45. The van der Waals surface area contributed by atoms with Crippen molar-refractivity contribution < 1.29 is 0 Å². The molecular weight excluding hydrogens is 313 g/mol. The summed E-state index contributed by atoms with van der Waals surface area (Å²) in [6.07, 6.45) is 1.16. The molecule has 0 aromatic heterocycles. The van der Waals surface area contributed by atoms with Gasteiger partial charge in [0.1, 0.15) is 5.84 Å². The van der Waals surface area contributed by atoms with Gasteiger partial charge in [-0.15, -0.1) is 0 Å². The minimum absolute atomic E-state index is 0.659. The number of halogens is 3. The van der Waals surface area contributed by atoms with Crippen LogP contribution in [0.15, 0.2) is 40.3 Å². The molecule has 2 rings (SSSR count). The van der Waals surface area contributed by atoms with Gasteiger partial charge in [-0.25, -0.2) is 9.98 Å². The third-order valence-corrected chi connectivity index (χ3v) is 3.43. The first-order valence-corrected chi connectivity index (χ1v) is 7.45. The van der Waals surface area contributed by atoms with Gasteiger partial charge in [0.15, 0.2) is 11.3 Å². The molecule has 0 amide bonds. The molecule has 7 heteroatoms. The molecule has 0 fully saturated rings. The van der Waals surface area contributed by atoms with Crippen molar-refractivity contribution in [3.8, 4) is 0 Å². The van der Waals surface area contributed by atoms with Gasteiger partial charge in [-0.3, -0.25) is 0 Å². The van der Waals surface area contributed by atoms with Crippen molar-refractivity contribution >= 4 is 57.6 Å². The fourth-order valence-electron chi connectivity index (χ4n) is 1.42. The van der Waals surface area contributed by atoms with E-state index in [0.29, 0.717) is 11.0 Å². The van der Waals surface area contributed by atoms with E-state index < -0.39 is 9.96 Å². The van der Waals surface area contributed by atoms with Crippen molar-refractivity contribution in [2.45, 2.75) is 9.96 Å². The Labute approximate surface area is 125 Å². The largest absolute Gasteiger partial charge is 0.319 e. The quantitative estimate of drug-likeness (QED) is 0.804. The summed E-state index contributed by atoms with van der Waals surface area (Å²) in [5, 5.41) is 3.79. The molecule has 0 saturated carbocycles. The van der Waals surface area contributed by atoms with E-state index in [9.17, 15) is 0 Å². The Bertz CT molecular complexity index is 482. The Kier molecular flexibility index (Phi) is 4.43. The second kappa shape index (κ2) is 5.70. The van der Waals surface area contributed by atoms with Crippen molar-refractivity contribution in [1.29, 1.82) is 0 Å². The summed E-state index contributed by atoms with van der Waals surface area (Å²) in [6.45, 7) is 0. The van der Waals surface area contributed by atoms with E-state index in [1.807, 2.05) is 36.6 Å². The molecule has 0 unspecified atom stereocenters. The smallest absolute Gasteiger partial charge is 0.232 e. The Morgan fingerprint density at radius 3 is 2.39 bits per heavy atom. The lowest BCUT2D eigenvalue weighted by molar-refractivity contribution is 0.717. The molecule has 0 radical (unpaired) electrons. The summed E-state index contributed by atoms with van der Waals surface area (Å²) in [6, 6.07) is 9.65. The third-order valence-electron chi connectivity index (χ3n) is 2.25. The zero-order valence-corrected chi connectivity index (χ0v) is 12.5. The molecule has 0 bridgehead atoms. The van der Waals surface area contributed by atoms with Crippen molar-refractivity contribution in [3.63, 3.8) is 0 Å². The monoisotopic (exact) mass is 321 g/mol. The number of nitrogens with zero attached hydrogens (tertiary/aromatic N) is 2. The zero-order chi connectivity index (χ0) is 13.2. The van der Waals surface area contributed by atoms with Crippen LogP contribution in [0.4, 0.5) is 0 Å². The number of rotatable bonds is 1. The fraction of sp³-hybridized carbons (Fsp3) is 0.273. The number of aliphatic imine (C=N–C) groups is 2. The SMILES string of the molecule is CSC1=N[C@H](C(Cl)(Cl)Cl)N=C(c2ccccc2)N1. The van der Waals surface area contributed by atoms with Gasteiger partial charge in [0, 0.05) is 5.56 Å². The number of alkyl halides is 3. The number of amidine groups is 2. The highest BCUT2D eigenvalue weighted by Gasteiger charge is 2.35. The highest BCUT2D eigenvalue weighted by molar-refractivity contribution is 8.13. The van der Waals surface area contributed by atoms with Crippen molar-refractivity contribution in [1.82, 2.24) is 5.32 Å². The first kappa shape index (κ1) is 14.0. The summed E-state index contributed by atoms with van der Waals surface area (Å²) in [5.41, 5.74) is 0.929. The van der Waals surface area contributed by atoms with E-state index in [0.717, 1.165) is 5.56 Å². The van der Waals surface area contributed by atoms with Gasteiger partial charge >= 0.3 is 0 Å². The molecule has 1 aliphatic rings. The minimum atomic E-state index is -1.55. The Morgan fingerprint density at radius 1 is 1.17 bits per heavy atom. The Hall–Kier alpha value is -0.420. The maximum Gasteiger partial charge on any atom is 0.232 e. The number of hydrogen-bond acceptors (Lipinski definition) is 4. The summed E-state index contributed by atoms with van der Waals surface area (Å²) < 4.78 is -1.55. The molecule has 3 nitrogen and oxygen atoms in total. The van der Waals surface area contributed by atoms with Crippen LogP contribution in [0.1, 0.15) is 5.56 Å². The lowest BCUT2D eigenvalue weighted by atomic mass is 10.2. The number of benzene rings is 1. The average molecular weight is 323 g/mol. The molecule has 1 heterocycles. The molecule has 1 atom stereocenters. The summed E-state index contributed by atoms with van der Waals surface area (Å²) in [5.74, 6) is 0.659. The number of thioether (sulfide) groups is 1. The molecule has 1 aromatic carbocycles. The van der Waals surface area contributed by atoms with Crippen LogP contribution in [-0.4, -0.2) is 27.2 Å². The number of nitrogens with one attached hydrogen (secondary N) is 1. The molecule has 0 saturated heterocycles. The van der Waals surface area contributed by atoms with Crippen molar-refractivity contribution in [3.05, 3.63) is 35.9 Å². The molecule has 0 spiro atoms. The van der Waals surface area contributed by atoms with Gasteiger partial charge < -0.3 is 5.32 Å². The lowest BCUT2D eigenvalue weighted by Crippen LogP contribution is -2.39. The van der Waals surface area contributed by atoms with Crippen LogP contribution in [0.5, 0.6) is 0 Å². The topological polar surface area (TPSA) is 36.8 Å². The van der Waals surface area contributed by atoms with Gasteiger partial charge in [-0.2, -0.15) is 0 Å². The minimum Gasteiger partial charge on any atom is -0.319 e. The summed E-state index contributed by atoms with van der Waals surface area (Å²) >= 11 is 19.0. The molecular formula is C11H10Cl3N3S. The zero-order valence-electron chi connectivity index (χ0n) is 9.40. The van der Waals surface area contributed by atoms with Gasteiger partial charge in [-0.05, 0) is 6.26 Å². The molecule has 1 N–H and O–H groups in total. The second-order valence-corrected chi connectivity index (χ2v) is 6.69. The highest BCUT2D eigenvalue weighted by atomic mass is 35.6. The van der Waals surface area contributed by atoms with Crippen molar-refractivity contribution in [2.75, 3.05) is 6.26 Å². The third kappa shape index (κ3) is 3.32. The molecule has 18 heavy (non-hydrogen) atoms. The molecule has 1 aliphatic heterocycles. The highest BCUT2D eigenvalue weighted by Crippen LogP contribution is 2.34. The van der Waals surface area contributed by atoms with E-state index in [1.54, 1.807) is 0 Å². The molecule has 96 valence electrons. The standard InChI is InChI=1S/C11H10Cl3N3S/c1-18-10-16-8(7-5-3-2-4-6-7)15-9(17-10)11(12,13)14/h2-6,9H,1H3,(H,15,16,17)/t9-/m1/s1. The van der Waals surface area contributed by atoms with Crippen LogP contribution in [0.2, 0.25) is 0 Å². The van der Waals surface area contributed by atoms with Gasteiger partial charge in [0.2, 0.25) is 3.79 Å². The summed E-state index contributed by atoms with van der Waals surface area (Å²) in [4.78, 5) is 8.56. The maximum absolute atomic E-state index is 5.87. The predicted molar refractivity (Wildman–Crippen MR) is 81.1 cm³/mol. The van der Waals surface area contributed by atoms with Crippen LogP contribution in [0, 0.1) is 0 Å². The normalized spacial score (nSPS) is 19.9. The van der Waals surface area contributed by atoms with Crippen molar-refractivity contribution in [2.24, 2.45) is 9.98 Å². The van der Waals surface area contributed by atoms with Gasteiger partial charge in [0.05, 0.1) is 0 Å². The van der Waals surface area contributed by atoms with Gasteiger partial charge in [0.25, 0.3) is 0 Å². The van der Waals surface area contributed by atoms with Crippen LogP contribution in [-0.2, 0) is 0 Å². The van der Waals surface area contributed by atoms with E-state index in [-0.39, 0.29) is 0 Å². The maximum atomic E-state index is 5.87. The van der Waals surface area contributed by atoms with Crippen LogP contribution >= 0.6 is 46.6 Å². The second-order valence-electron chi connectivity index (χ2n) is 3.52. The lowest BCUT2D eigenvalue weighted by Gasteiger charge is -2.24. The van der Waals surface area contributed by atoms with Crippen LogP contribution < -0.4 is 5.32 Å². The first-order valence-electron chi connectivity index (χ1n) is 5.09. The molecule has 0 aliphatic carbocycles. The first-order chi connectivity index (χ1) is 8.50. The average Bonchev–Trinajstić information content (AvgIpc) is 2.38. The Balaban J connectivity index is 2.35. The van der Waals surface area contributed by atoms with E-state index in [2.05, 4.69) is 15.3 Å². The van der Waals surface area contributed by atoms with Crippen LogP contribution in [0.25, 0.3) is 0 Å². The van der Waals surface area contributed by atoms with Gasteiger partial charge in [-0.1, -0.05) is 76.9 Å². The van der Waals surface area contributed by atoms with E-state index >= 15 is 0 Å². The fourth-order valence-corrected chi connectivity index (χ4v) is 2.12. The summed E-state index contributed by atoms with van der Waals surface area (Å²) in [7, 11) is 0. The van der Waals surface area contributed by atoms with E-state index in [1.165, 1.54) is 11.8 Å². The number of hydrogen-bond donors (Lipinski definition) is 1. The molecule has 1 aromatic rings. The van der Waals surface area contributed by atoms with Crippen LogP contribution in [0.3, 0.4) is 0 Å².